The smallest absolute Gasteiger partial charge is 0.250 e. The summed E-state index contributed by atoms with van der Waals surface area (Å²) >= 11 is 6.09. The SMILES string of the molecule is C[C@@H]1CCc2ncnc(N3CCN(C(=O)C(CN4CCC(F)(F)CC4)c4ccc(Cl)cc4)CC3)c21. The molecule has 3 heterocycles. The number of carbonyl (C=O) groups is 1. The van der Waals surface area contributed by atoms with Gasteiger partial charge in [-0.3, -0.25) is 4.79 Å². The van der Waals surface area contributed by atoms with E-state index in [1.54, 1.807) is 18.5 Å². The number of piperazine rings is 1. The summed E-state index contributed by atoms with van der Waals surface area (Å²) in [6.45, 7) is 5.91. The summed E-state index contributed by atoms with van der Waals surface area (Å²) < 4.78 is 27.4. The van der Waals surface area contributed by atoms with E-state index in [4.69, 9.17) is 11.6 Å². The van der Waals surface area contributed by atoms with Crippen molar-refractivity contribution in [2.75, 3.05) is 50.7 Å². The zero-order valence-electron chi connectivity index (χ0n) is 20.1. The van der Waals surface area contributed by atoms with Crippen LogP contribution in [-0.4, -0.2) is 77.4 Å². The first-order valence-electron chi connectivity index (χ1n) is 12.5. The van der Waals surface area contributed by atoms with Crippen LogP contribution in [0.25, 0.3) is 0 Å². The fourth-order valence-electron chi connectivity index (χ4n) is 5.58. The van der Waals surface area contributed by atoms with Crippen LogP contribution in [0.4, 0.5) is 14.6 Å². The second-order valence-electron chi connectivity index (χ2n) is 10.1. The van der Waals surface area contributed by atoms with Crippen molar-refractivity contribution in [2.45, 2.75) is 50.4 Å². The monoisotopic (exact) mass is 503 g/mol. The molecule has 0 spiro atoms. The minimum Gasteiger partial charge on any atom is -0.353 e. The minimum absolute atomic E-state index is 0.0468. The van der Waals surface area contributed by atoms with Gasteiger partial charge in [0.05, 0.1) is 5.92 Å². The maximum Gasteiger partial charge on any atom is 0.250 e. The van der Waals surface area contributed by atoms with E-state index in [1.807, 2.05) is 21.9 Å². The highest BCUT2D eigenvalue weighted by Gasteiger charge is 2.37. The Morgan fingerprint density at radius 3 is 2.46 bits per heavy atom. The maximum absolute atomic E-state index is 13.7. The lowest BCUT2D eigenvalue weighted by atomic mass is 9.95. The summed E-state index contributed by atoms with van der Waals surface area (Å²) in [5.41, 5.74) is 3.28. The number of hydrogen-bond donors (Lipinski definition) is 0. The fraction of sp³-hybridized carbons (Fsp3) is 0.577. The number of likely N-dealkylation sites (tertiary alicyclic amines) is 1. The van der Waals surface area contributed by atoms with E-state index in [0.29, 0.717) is 56.8 Å². The molecule has 5 rings (SSSR count). The van der Waals surface area contributed by atoms with Gasteiger partial charge in [0.1, 0.15) is 12.1 Å². The Balaban J connectivity index is 1.29. The minimum atomic E-state index is -2.61. The molecule has 2 fully saturated rings. The van der Waals surface area contributed by atoms with Crippen LogP contribution in [0.2, 0.25) is 5.02 Å². The molecular formula is C26H32ClF2N5O. The zero-order chi connectivity index (χ0) is 24.6. The summed E-state index contributed by atoms with van der Waals surface area (Å²) in [6.07, 6.45) is 3.44. The summed E-state index contributed by atoms with van der Waals surface area (Å²) in [4.78, 5) is 29.0. The van der Waals surface area contributed by atoms with Crippen LogP contribution in [0.5, 0.6) is 0 Å². The number of nitrogens with zero attached hydrogens (tertiary/aromatic N) is 5. The van der Waals surface area contributed by atoms with Gasteiger partial charge in [-0.25, -0.2) is 18.7 Å². The second kappa shape index (κ2) is 9.97. The van der Waals surface area contributed by atoms with Gasteiger partial charge in [-0.05, 0) is 36.5 Å². The molecule has 2 atom stereocenters. The summed E-state index contributed by atoms with van der Waals surface area (Å²) in [5, 5.41) is 0.609. The van der Waals surface area contributed by atoms with Gasteiger partial charge in [0, 0.05) is 74.9 Å². The van der Waals surface area contributed by atoms with E-state index in [-0.39, 0.29) is 18.7 Å². The third-order valence-electron chi connectivity index (χ3n) is 7.74. The molecule has 2 aromatic rings. The third-order valence-corrected chi connectivity index (χ3v) is 7.99. The van der Waals surface area contributed by atoms with Crippen molar-refractivity contribution >= 4 is 23.3 Å². The van der Waals surface area contributed by atoms with Crippen molar-refractivity contribution in [1.29, 1.82) is 0 Å². The molecule has 1 aromatic carbocycles. The number of aryl methyl sites for hydroxylation is 1. The molecule has 1 unspecified atom stereocenters. The largest absolute Gasteiger partial charge is 0.353 e. The maximum atomic E-state index is 13.7. The van der Waals surface area contributed by atoms with E-state index in [9.17, 15) is 13.6 Å². The molecule has 9 heteroatoms. The highest BCUT2D eigenvalue weighted by Crippen LogP contribution is 2.37. The average Bonchev–Trinajstić information content (AvgIpc) is 3.25. The van der Waals surface area contributed by atoms with Crippen molar-refractivity contribution in [3.8, 4) is 0 Å². The molecule has 2 aliphatic heterocycles. The second-order valence-corrected chi connectivity index (χ2v) is 10.5. The van der Waals surface area contributed by atoms with E-state index in [2.05, 4.69) is 21.8 Å². The number of fused-ring (bicyclic) bond motifs is 1. The Morgan fingerprint density at radius 2 is 1.77 bits per heavy atom. The van der Waals surface area contributed by atoms with Crippen molar-refractivity contribution < 1.29 is 13.6 Å². The first kappa shape index (κ1) is 24.4. The van der Waals surface area contributed by atoms with Crippen LogP contribution in [0.3, 0.4) is 0 Å². The molecule has 0 bridgehead atoms. The molecule has 1 aliphatic carbocycles. The number of benzene rings is 1. The molecule has 0 saturated carbocycles. The van der Waals surface area contributed by atoms with E-state index < -0.39 is 11.8 Å². The molecule has 35 heavy (non-hydrogen) atoms. The van der Waals surface area contributed by atoms with Crippen LogP contribution < -0.4 is 4.90 Å². The van der Waals surface area contributed by atoms with E-state index in [1.165, 1.54) is 5.56 Å². The molecule has 1 amide bonds. The van der Waals surface area contributed by atoms with Crippen LogP contribution in [0, 0.1) is 0 Å². The van der Waals surface area contributed by atoms with Crippen LogP contribution in [0.15, 0.2) is 30.6 Å². The Labute approximate surface area is 210 Å². The van der Waals surface area contributed by atoms with Crippen LogP contribution in [0.1, 0.15) is 54.8 Å². The Hall–Kier alpha value is -2.32. The Morgan fingerprint density at radius 1 is 1.09 bits per heavy atom. The highest BCUT2D eigenvalue weighted by atomic mass is 35.5. The van der Waals surface area contributed by atoms with Crippen molar-refractivity contribution in [2.24, 2.45) is 0 Å². The van der Waals surface area contributed by atoms with Gasteiger partial charge in [-0.2, -0.15) is 0 Å². The van der Waals surface area contributed by atoms with Gasteiger partial charge in [-0.1, -0.05) is 30.7 Å². The number of halogens is 3. The molecule has 0 radical (unpaired) electrons. The first-order chi connectivity index (χ1) is 16.8. The number of piperidine rings is 1. The lowest BCUT2D eigenvalue weighted by Gasteiger charge is -2.39. The summed E-state index contributed by atoms with van der Waals surface area (Å²) in [6, 6.07) is 7.34. The topological polar surface area (TPSA) is 52.6 Å². The molecule has 6 nitrogen and oxygen atoms in total. The molecular weight excluding hydrogens is 472 g/mol. The summed E-state index contributed by atoms with van der Waals surface area (Å²) in [5.74, 6) is -1.51. The van der Waals surface area contributed by atoms with Gasteiger partial charge < -0.3 is 14.7 Å². The fourth-order valence-corrected chi connectivity index (χ4v) is 5.70. The average molecular weight is 504 g/mol. The first-order valence-corrected chi connectivity index (χ1v) is 12.9. The number of amides is 1. The molecule has 188 valence electrons. The predicted molar refractivity (Wildman–Crippen MR) is 132 cm³/mol. The predicted octanol–water partition coefficient (Wildman–Crippen LogP) is 4.34. The number of hydrogen-bond acceptors (Lipinski definition) is 5. The van der Waals surface area contributed by atoms with Crippen LogP contribution in [-0.2, 0) is 11.2 Å². The summed E-state index contributed by atoms with van der Waals surface area (Å²) in [7, 11) is 0. The van der Waals surface area contributed by atoms with E-state index >= 15 is 0 Å². The third kappa shape index (κ3) is 5.28. The quantitative estimate of drug-likeness (QED) is 0.607. The van der Waals surface area contributed by atoms with Gasteiger partial charge in [0.25, 0.3) is 5.92 Å². The van der Waals surface area contributed by atoms with Gasteiger partial charge >= 0.3 is 0 Å². The van der Waals surface area contributed by atoms with Crippen molar-refractivity contribution in [3.05, 3.63) is 52.4 Å². The standard InChI is InChI=1S/C26H32ClF2N5O/c1-18-2-7-22-23(18)24(31-17-30-22)33-12-14-34(15-13-33)25(35)21(19-3-5-20(27)6-4-19)16-32-10-8-26(28,29)9-11-32/h3-6,17-18,21H,2,7-16H2,1H3/t18-,21?/m1/s1. The lowest BCUT2D eigenvalue weighted by molar-refractivity contribution is -0.134. The molecule has 3 aliphatic rings. The highest BCUT2D eigenvalue weighted by molar-refractivity contribution is 6.30. The van der Waals surface area contributed by atoms with Crippen molar-refractivity contribution in [3.63, 3.8) is 0 Å². The van der Waals surface area contributed by atoms with Gasteiger partial charge in [0.2, 0.25) is 5.91 Å². The Kier molecular flexibility index (Phi) is 6.95. The van der Waals surface area contributed by atoms with Crippen LogP contribution >= 0.6 is 11.6 Å². The normalized spacial score (nSPS) is 23.3. The molecule has 1 aromatic heterocycles. The zero-order valence-corrected chi connectivity index (χ0v) is 20.9. The number of alkyl halides is 2. The van der Waals surface area contributed by atoms with E-state index in [0.717, 1.165) is 29.9 Å². The number of aromatic nitrogens is 2. The van der Waals surface area contributed by atoms with Gasteiger partial charge in [0.15, 0.2) is 0 Å². The molecule has 2 saturated heterocycles. The van der Waals surface area contributed by atoms with Gasteiger partial charge in [-0.15, -0.1) is 0 Å². The number of anilines is 1. The number of carbonyl (C=O) groups excluding carboxylic acids is 1. The lowest BCUT2D eigenvalue weighted by Crippen LogP contribution is -2.52. The Bertz CT molecular complexity index is 1050. The van der Waals surface area contributed by atoms with Crippen molar-refractivity contribution in [1.82, 2.24) is 19.8 Å². The number of rotatable bonds is 5. The molecule has 0 N–H and O–H groups in total.